The van der Waals surface area contributed by atoms with Crippen LogP contribution in [0, 0.1) is 5.82 Å². The van der Waals surface area contributed by atoms with E-state index in [2.05, 4.69) is 10.3 Å². The van der Waals surface area contributed by atoms with Crippen LogP contribution in [0.2, 0.25) is 0 Å². The van der Waals surface area contributed by atoms with E-state index in [9.17, 15) is 9.18 Å². The van der Waals surface area contributed by atoms with Gasteiger partial charge in [0.05, 0.1) is 37.6 Å². The zero-order valence-corrected chi connectivity index (χ0v) is 14.6. The molecule has 0 unspecified atom stereocenters. The molecule has 1 aliphatic rings. The topological polar surface area (TPSA) is 69.7 Å². The lowest BCUT2D eigenvalue weighted by atomic mass is 10.0. The van der Waals surface area contributed by atoms with Crippen molar-refractivity contribution in [2.45, 2.75) is 25.2 Å². The molecule has 1 aromatic heterocycles. The molecule has 1 N–H and O–H groups in total. The number of amides is 1. The maximum atomic E-state index is 14.1. The summed E-state index contributed by atoms with van der Waals surface area (Å²) in [5, 5.41) is 4.75. The highest BCUT2D eigenvalue weighted by molar-refractivity contribution is 7.07. The maximum absolute atomic E-state index is 14.1. The van der Waals surface area contributed by atoms with Crippen LogP contribution < -0.4 is 10.1 Å². The van der Waals surface area contributed by atoms with E-state index in [1.54, 1.807) is 11.6 Å². The van der Waals surface area contributed by atoms with Crippen LogP contribution in [0.25, 0.3) is 0 Å². The highest BCUT2D eigenvalue weighted by Gasteiger charge is 2.30. The highest BCUT2D eigenvalue weighted by Crippen LogP contribution is 2.22. The monoisotopic (exact) mass is 366 g/mol. The minimum absolute atomic E-state index is 0.102. The molecule has 0 bridgehead atoms. The number of carbonyl (C=O) groups excluding carboxylic acids is 1. The summed E-state index contributed by atoms with van der Waals surface area (Å²) >= 11 is 1.49. The van der Waals surface area contributed by atoms with Gasteiger partial charge in [-0.25, -0.2) is 9.37 Å². The number of benzene rings is 1. The number of nitrogens with one attached hydrogen (secondary N) is 1. The molecule has 134 valence electrons. The molecular weight excluding hydrogens is 347 g/mol. The fourth-order valence-electron chi connectivity index (χ4n) is 2.68. The van der Waals surface area contributed by atoms with Gasteiger partial charge >= 0.3 is 0 Å². The second-order valence-corrected chi connectivity index (χ2v) is 6.31. The van der Waals surface area contributed by atoms with E-state index in [0.717, 1.165) is 5.69 Å². The summed E-state index contributed by atoms with van der Waals surface area (Å²) in [5.74, 6) is -0.947. The average Bonchev–Trinajstić information content (AvgIpc) is 3.14. The lowest BCUT2D eigenvalue weighted by Crippen LogP contribution is -2.50. The molecule has 0 spiro atoms. The van der Waals surface area contributed by atoms with Gasteiger partial charge in [0.15, 0.2) is 0 Å². The van der Waals surface area contributed by atoms with Crippen molar-refractivity contribution in [3.05, 3.63) is 46.2 Å². The maximum Gasteiger partial charge on any atom is 0.258 e. The molecule has 2 aromatic rings. The summed E-state index contributed by atoms with van der Waals surface area (Å²) in [4.78, 5) is 16.7. The van der Waals surface area contributed by atoms with E-state index >= 15 is 0 Å². The number of hydrogen-bond acceptors (Lipinski definition) is 6. The smallest absolute Gasteiger partial charge is 0.258 e. The predicted molar refractivity (Wildman–Crippen MR) is 90.3 cm³/mol. The number of rotatable bonds is 6. The Hall–Kier alpha value is -2.03. The molecule has 1 fully saturated rings. The Morgan fingerprint density at radius 2 is 2.40 bits per heavy atom. The standard InChI is InChI=1S/C17H19FN2O4S/c1-22-14-4-2-3-12(18)16(14)17(21)20-13-5-6-23-8-15(13)24-7-11-9-25-10-19-11/h2-4,9-10,13,15H,5-8H2,1H3,(H,20,21)/t13-,15-/m1/s1. The molecule has 0 radical (unpaired) electrons. The predicted octanol–water partition coefficient (Wildman–Crippen LogP) is 2.39. The Labute approximate surface area is 148 Å². The van der Waals surface area contributed by atoms with Crippen LogP contribution in [0.4, 0.5) is 4.39 Å². The molecule has 3 rings (SSSR count). The second-order valence-electron chi connectivity index (χ2n) is 5.59. The summed E-state index contributed by atoms with van der Waals surface area (Å²) in [5.41, 5.74) is 2.46. The van der Waals surface area contributed by atoms with E-state index in [1.807, 2.05) is 5.38 Å². The van der Waals surface area contributed by atoms with Crippen LogP contribution in [-0.2, 0) is 16.1 Å². The minimum Gasteiger partial charge on any atom is -0.496 e. The van der Waals surface area contributed by atoms with Gasteiger partial charge in [-0.3, -0.25) is 4.79 Å². The molecule has 1 amide bonds. The Morgan fingerprint density at radius 1 is 1.52 bits per heavy atom. The molecule has 1 aliphatic heterocycles. The first-order chi connectivity index (χ1) is 12.2. The van der Waals surface area contributed by atoms with Gasteiger partial charge in [0.25, 0.3) is 5.91 Å². The molecule has 0 aliphatic carbocycles. The third kappa shape index (κ3) is 4.33. The van der Waals surface area contributed by atoms with E-state index < -0.39 is 11.7 Å². The van der Waals surface area contributed by atoms with Crippen molar-refractivity contribution in [3.8, 4) is 5.75 Å². The Balaban J connectivity index is 1.68. The molecule has 1 aromatic carbocycles. The van der Waals surface area contributed by atoms with Crippen molar-refractivity contribution in [3.63, 3.8) is 0 Å². The number of aromatic nitrogens is 1. The van der Waals surface area contributed by atoms with Crippen LogP contribution in [0.5, 0.6) is 5.75 Å². The van der Waals surface area contributed by atoms with Crippen molar-refractivity contribution < 1.29 is 23.4 Å². The zero-order chi connectivity index (χ0) is 17.6. The third-order valence-electron chi connectivity index (χ3n) is 3.97. The van der Waals surface area contributed by atoms with Gasteiger partial charge in [0.2, 0.25) is 0 Å². The summed E-state index contributed by atoms with van der Waals surface area (Å²) in [7, 11) is 1.40. The lowest BCUT2D eigenvalue weighted by molar-refractivity contribution is -0.0742. The van der Waals surface area contributed by atoms with Crippen LogP contribution in [-0.4, -0.2) is 43.4 Å². The number of hydrogen-bond donors (Lipinski definition) is 1. The van der Waals surface area contributed by atoms with Crippen molar-refractivity contribution in [1.29, 1.82) is 0 Å². The van der Waals surface area contributed by atoms with Gasteiger partial charge in [-0.15, -0.1) is 11.3 Å². The fraction of sp³-hybridized carbons (Fsp3) is 0.412. The largest absolute Gasteiger partial charge is 0.496 e. The molecule has 6 nitrogen and oxygen atoms in total. The SMILES string of the molecule is COc1cccc(F)c1C(=O)N[C@@H]1CCOC[C@H]1OCc1cscn1. The Morgan fingerprint density at radius 3 is 3.16 bits per heavy atom. The van der Waals surface area contributed by atoms with Crippen molar-refractivity contribution >= 4 is 17.2 Å². The first kappa shape index (κ1) is 17.8. The van der Waals surface area contributed by atoms with Gasteiger partial charge in [0.1, 0.15) is 23.2 Å². The number of halogens is 1. The van der Waals surface area contributed by atoms with Gasteiger partial charge in [-0.1, -0.05) is 6.07 Å². The summed E-state index contributed by atoms with van der Waals surface area (Å²) in [6.07, 6.45) is 0.265. The van der Waals surface area contributed by atoms with E-state index in [1.165, 1.54) is 30.6 Å². The summed E-state index contributed by atoms with van der Waals surface area (Å²) in [6, 6.07) is 4.01. The van der Waals surface area contributed by atoms with E-state index in [4.69, 9.17) is 14.2 Å². The fourth-order valence-corrected chi connectivity index (χ4v) is 3.22. The van der Waals surface area contributed by atoms with Crippen LogP contribution in [0.3, 0.4) is 0 Å². The molecule has 0 saturated carbocycles. The second kappa shape index (κ2) is 8.37. The van der Waals surface area contributed by atoms with E-state index in [-0.39, 0.29) is 23.5 Å². The van der Waals surface area contributed by atoms with Crippen LogP contribution in [0.15, 0.2) is 29.1 Å². The van der Waals surface area contributed by atoms with Crippen molar-refractivity contribution in [2.75, 3.05) is 20.3 Å². The molecule has 1 saturated heterocycles. The van der Waals surface area contributed by atoms with E-state index in [0.29, 0.717) is 26.2 Å². The first-order valence-electron chi connectivity index (χ1n) is 7.89. The van der Waals surface area contributed by atoms with Gasteiger partial charge < -0.3 is 19.5 Å². The Kier molecular flexibility index (Phi) is 5.95. The summed E-state index contributed by atoms with van der Waals surface area (Å²) < 4.78 is 30.5. The summed E-state index contributed by atoms with van der Waals surface area (Å²) in [6.45, 7) is 1.21. The molecule has 2 heterocycles. The minimum atomic E-state index is -0.621. The number of ether oxygens (including phenoxy) is 3. The van der Waals surface area contributed by atoms with Gasteiger partial charge in [-0.2, -0.15) is 0 Å². The van der Waals surface area contributed by atoms with Crippen molar-refractivity contribution in [1.82, 2.24) is 10.3 Å². The molecule has 25 heavy (non-hydrogen) atoms. The number of thiazole rings is 1. The first-order valence-corrected chi connectivity index (χ1v) is 8.83. The molecule has 8 heteroatoms. The number of carbonyl (C=O) groups is 1. The highest BCUT2D eigenvalue weighted by atomic mass is 32.1. The third-order valence-corrected chi connectivity index (χ3v) is 4.61. The van der Waals surface area contributed by atoms with Crippen LogP contribution in [0.1, 0.15) is 22.5 Å². The molecular formula is C17H19FN2O4S. The lowest BCUT2D eigenvalue weighted by Gasteiger charge is -2.32. The quantitative estimate of drug-likeness (QED) is 0.850. The molecule has 2 atom stereocenters. The van der Waals surface area contributed by atoms with Crippen LogP contribution >= 0.6 is 11.3 Å². The van der Waals surface area contributed by atoms with Gasteiger partial charge in [0, 0.05) is 12.0 Å². The normalized spacial score (nSPS) is 20.2. The average molecular weight is 366 g/mol. The van der Waals surface area contributed by atoms with Gasteiger partial charge in [-0.05, 0) is 18.6 Å². The van der Waals surface area contributed by atoms with Crippen molar-refractivity contribution in [2.24, 2.45) is 0 Å². The zero-order valence-electron chi connectivity index (χ0n) is 13.7. The number of methoxy groups -OCH3 is 1. The number of nitrogens with zero attached hydrogens (tertiary/aromatic N) is 1. The Bertz CT molecular complexity index is 711.